The number of carbonyl (C=O) groups is 1. The van der Waals surface area contributed by atoms with E-state index in [0.717, 1.165) is 28.9 Å². The minimum atomic E-state index is -0.964. The van der Waals surface area contributed by atoms with E-state index in [1.54, 1.807) is 0 Å². The maximum absolute atomic E-state index is 11.0. The normalized spacial score (nSPS) is 11.9. The van der Waals surface area contributed by atoms with Gasteiger partial charge in [0.2, 0.25) is 0 Å². The molecule has 5 heteroatoms. The first-order chi connectivity index (χ1) is 13.7. The van der Waals surface area contributed by atoms with Crippen LogP contribution < -0.4 is 9.47 Å². The van der Waals surface area contributed by atoms with Crippen LogP contribution in [-0.4, -0.2) is 37.5 Å². The SMILES string of the molecule is CO[C@@H](Cc1ccc(OCCCOc2ccc3ccccc3c2)cc1)C(=O)O. The van der Waals surface area contributed by atoms with Crippen LogP contribution in [0.25, 0.3) is 10.8 Å². The third-order valence-corrected chi connectivity index (χ3v) is 4.45. The monoisotopic (exact) mass is 380 g/mol. The van der Waals surface area contributed by atoms with E-state index < -0.39 is 12.1 Å². The van der Waals surface area contributed by atoms with E-state index in [0.29, 0.717) is 19.6 Å². The summed E-state index contributed by atoms with van der Waals surface area (Å²) in [4.78, 5) is 11.0. The Kier molecular flexibility index (Phi) is 6.87. The molecular formula is C23H24O5. The van der Waals surface area contributed by atoms with E-state index >= 15 is 0 Å². The summed E-state index contributed by atoms with van der Waals surface area (Å²) in [6, 6.07) is 21.7. The molecule has 0 saturated heterocycles. The fourth-order valence-corrected chi connectivity index (χ4v) is 2.90. The summed E-state index contributed by atoms with van der Waals surface area (Å²) in [7, 11) is 1.40. The smallest absolute Gasteiger partial charge is 0.333 e. The van der Waals surface area contributed by atoms with E-state index in [1.807, 2.05) is 48.5 Å². The Hall–Kier alpha value is -3.05. The highest BCUT2D eigenvalue weighted by molar-refractivity contribution is 5.83. The van der Waals surface area contributed by atoms with E-state index in [4.69, 9.17) is 19.3 Å². The largest absolute Gasteiger partial charge is 0.493 e. The highest BCUT2D eigenvalue weighted by Gasteiger charge is 2.16. The number of rotatable bonds is 10. The lowest BCUT2D eigenvalue weighted by atomic mass is 10.1. The Bertz CT molecular complexity index is 904. The number of hydrogen-bond donors (Lipinski definition) is 1. The maximum Gasteiger partial charge on any atom is 0.333 e. The molecule has 0 bridgehead atoms. The van der Waals surface area contributed by atoms with E-state index in [2.05, 4.69) is 18.2 Å². The lowest BCUT2D eigenvalue weighted by molar-refractivity contribution is -0.148. The Morgan fingerprint density at radius 2 is 1.54 bits per heavy atom. The molecule has 3 aromatic rings. The zero-order valence-electron chi connectivity index (χ0n) is 15.8. The Morgan fingerprint density at radius 1 is 0.893 bits per heavy atom. The molecule has 0 aliphatic rings. The van der Waals surface area contributed by atoms with Gasteiger partial charge in [-0.2, -0.15) is 0 Å². The molecule has 28 heavy (non-hydrogen) atoms. The average molecular weight is 380 g/mol. The van der Waals surface area contributed by atoms with Crippen molar-refractivity contribution >= 4 is 16.7 Å². The summed E-state index contributed by atoms with van der Waals surface area (Å²) in [6.45, 7) is 1.12. The molecule has 5 nitrogen and oxygen atoms in total. The summed E-state index contributed by atoms with van der Waals surface area (Å²) >= 11 is 0. The van der Waals surface area contributed by atoms with Crippen LogP contribution in [0.2, 0.25) is 0 Å². The lowest BCUT2D eigenvalue weighted by Gasteiger charge is -2.11. The van der Waals surface area contributed by atoms with Crippen molar-refractivity contribution in [2.45, 2.75) is 18.9 Å². The number of hydrogen-bond acceptors (Lipinski definition) is 4. The lowest BCUT2D eigenvalue weighted by Crippen LogP contribution is -2.24. The van der Waals surface area contributed by atoms with Crippen molar-refractivity contribution in [2.75, 3.05) is 20.3 Å². The summed E-state index contributed by atoms with van der Waals surface area (Å²) in [5.74, 6) is 0.641. The highest BCUT2D eigenvalue weighted by atomic mass is 16.5. The van der Waals surface area contributed by atoms with Crippen LogP contribution in [0.3, 0.4) is 0 Å². The van der Waals surface area contributed by atoms with Gasteiger partial charge in [-0.25, -0.2) is 4.79 Å². The van der Waals surface area contributed by atoms with Crippen LogP contribution in [0.1, 0.15) is 12.0 Å². The van der Waals surface area contributed by atoms with Gasteiger partial charge < -0.3 is 19.3 Å². The van der Waals surface area contributed by atoms with Crippen LogP contribution in [-0.2, 0) is 16.0 Å². The number of carboxylic acid groups (broad SMARTS) is 1. The summed E-state index contributed by atoms with van der Waals surface area (Å²) in [6.07, 6.45) is 0.254. The number of aliphatic carboxylic acids is 1. The molecule has 0 aliphatic heterocycles. The van der Waals surface area contributed by atoms with Gasteiger partial charge in [0.05, 0.1) is 13.2 Å². The zero-order chi connectivity index (χ0) is 19.8. The fraction of sp³-hybridized carbons (Fsp3) is 0.261. The topological polar surface area (TPSA) is 65.0 Å². The molecule has 3 aromatic carbocycles. The first-order valence-electron chi connectivity index (χ1n) is 9.24. The Morgan fingerprint density at radius 3 is 2.21 bits per heavy atom. The highest BCUT2D eigenvalue weighted by Crippen LogP contribution is 2.20. The minimum absolute atomic E-state index is 0.325. The van der Waals surface area contributed by atoms with Crippen LogP contribution in [0, 0.1) is 0 Å². The van der Waals surface area contributed by atoms with Gasteiger partial charge in [-0.3, -0.25) is 0 Å². The van der Waals surface area contributed by atoms with Gasteiger partial charge in [0.15, 0.2) is 6.10 Å². The fourth-order valence-electron chi connectivity index (χ4n) is 2.90. The number of fused-ring (bicyclic) bond motifs is 1. The molecule has 1 atom stereocenters. The molecule has 0 amide bonds. The van der Waals surface area contributed by atoms with Gasteiger partial charge in [-0.05, 0) is 40.6 Å². The van der Waals surface area contributed by atoms with Crippen molar-refractivity contribution in [3.05, 3.63) is 72.3 Å². The standard InChI is InChI=1S/C23H24O5/c1-26-22(23(24)25)15-17-7-10-20(11-8-17)27-13-4-14-28-21-12-9-18-5-2-3-6-19(18)16-21/h2-3,5-12,16,22H,4,13-15H2,1H3,(H,24,25)/t22-/m0/s1. The van der Waals surface area contributed by atoms with Gasteiger partial charge in [0.1, 0.15) is 11.5 Å². The van der Waals surface area contributed by atoms with E-state index in [-0.39, 0.29) is 0 Å². The molecule has 0 unspecified atom stereocenters. The number of ether oxygens (including phenoxy) is 3. The molecule has 0 fully saturated rings. The number of carboxylic acids is 1. The molecule has 0 spiro atoms. The van der Waals surface area contributed by atoms with Crippen molar-refractivity contribution < 1.29 is 24.1 Å². The molecule has 3 rings (SSSR count). The molecule has 1 N–H and O–H groups in total. The van der Waals surface area contributed by atoms with Crippen molar-refractivity contribution in [3.63, 3.8) is 0 Å². The molecule has 0 heterocycles. The molecule has 146 valence electrons. The predicted molar refractivity (Wildman–Crippen MR) is 108 cm³/mol. The van der Waals surface area contributed by atoms with Crippen molar-refractivity contribution in [1.82, 2.24) is 0 Å². The Balaban J connectivity index is 1.40. The maximum atomic E-state index is 11.0. The van der Waals surface area contributed by atoms with Gasteiger partial charge >= 0.3 is 5.97 Å². The van der Waals surface area contributed by atoms with Gasteiger partial charge in [-0.15, -0.1) is 0 Å². The van der Waals surface area contributed by atoms with Gasteiger partial charge in [0.25, 0.3) is 0 Å². The summed E-state index contributed by atoms with van der Waals surface area (Å²) in [5, 5.41) is 11.4. The molecule has 0 aromatic heterocycles. The zero-order valence-corrected chi connectivity index (χ0v) is 15.8. The molecule has 0 aliphatic carbocycles. The molecule has 0 saturated carbocycles. The van der Waals surface area contributed by atoms with E-state index in [9.17, 15) is 4.79 Å². The second-order valence-corrected chi connectivity index (χ2v) is 6.47. The van der Waals surface area contributed by atoms with Crippen LogP contribution in [0.15, 0.2) is 66.7 Å². The second-order valence-electron chi connectivity index (χ2n) is 6.47. The summed E-state index contributed by atoms with van der Waals surface area (Å²) in [5.41, 5.74) is 0.890. The van der Waals surface area contributed by atoms with E-state index in [1.165, 1.54) is 12.5 Å². The van der Waals surface area contributed by atoms with Crippen LogP contribution in [0.4, 0.5) is 0 Å². The Labute approximate surface area is 164 Å². The second kappa shape index (κ2) is 9.76. The van der Waals surface area contributed by atoms with Gasteiger partial charge in [0, 0.05) is 20.0 Å². The quantitative estimate of drug-likeness (QED) is 0.531. The number of benzene rings is 3. The third kappa shape index (κ3) is 5.47. The number of methoxy groups -OCH3 is 1. The predicted octanol–water partition coefficient (Wildman–Crippen LogP) is 4.33. The average Bonchev–Trinajstić information content (AvgIpc) is 2.72. The van der Waals surface area contributed by atoms with Crippen molar-refractivity contribution in [2.24, 2.45) is 0 Å². The van der Waals surface area contributed by atoms with Crippen LogP contribution in [0.5, 0.6) is 11.5 Å². The minimum Gasteiger partial charge on any atom is -0.493 e. The molecule has 0 radical (unpaired) electrons. The molecular weight excluding hydrogens is 356 g/mol. The third-order valence-electron chi connectivity index (χ3n) is 4.45. The first kappa shape index (κ1) is 19.7. The van der Waals surface area contributed by atoms with Crippen molar-refractivity contribution in [1.29, 1.82) is 0 Å². The van der Waals surface area contributed by atoms with Gasteiger partial charge in [-0.1, -0.05) is 42.5 Å². The first-order valence-corrected chi connectivity index (χ1v) is 9.24. The van der Waals surface area contributed by atoms with Crippen molar-refractivity contribution in [3.8, 4) is 11.5 Å². The van der Waals surface area contributed by atoms with Crippen LogP contribution >= 0.6 is 0 Å². The summed E-state index contributed by atoms with van der Waals surface area (Å²) < 4.78 is 16.5.